The summed E-state index contributed by atoms with van der Waals surface area (Å²) in [5.74, 6) is 0. The van der Waals surface area contributed by atoms with Gasteiger partial charge in [0.2, 0.25) is 0 Å². The Morgan fingerprint density at radius 3 is 2.93 bits per heavy atom. The fourth-order valence-electron chi connectivity index (χ4n) is 2.92. The molecule has 7 heteroatoms. The lowest BCUT2D eigenvalue weighted by atomic mass is 10.1. The van der Waals surface area contributed by atoms with Crippen LogP contribution in [0.25, 0.3) is 27.7 Å². The third-order valence-corrected chi connectivity index (χ3v) is 4.31. The molecule has 2 aromatic carbocycles. The Morgan fingerprint density at radius 2 is 2.11 bits per heavy atom. The smallest absolute Gasteiger partial charge is 0.319 e. The minimum Gasteiger partial charge on any atom is -0.359 e. The number of anilines is 1. The van der Waals surface area contributed by atoms with Crippen LogP contribution in [0, 0.1) is 11.3 Å². The topological polar surface area (TPSA) is 98.5 Å². The van der Waals surface area contributed by atoms with E-state index in [1.807, 2.05) is 36.5 Å². The highest BCUT2D eigenvalue weighted by Crippen LogP contribution is 2.29. The molecule has 2 amide bonds. The number of hydrogen-bond acceptors (Lipinski definition) is 3. The van der Waals surface area contributed by atoms with Gasteiger partial charge in [-0.2, -0.15) is 10.4 Å². The van der Waals surface area contributed by atoms with Gasteiger partial charge in [-0.15, -0.1) is 0 Å². The molecule has 2 aromatic heterocycles. The minimum atomic E-state index is -0.272. The van der Waals surface area contributed by atoms with Crippen molar-refractivity contribution in [2.75, 3.05) is 12.4 Å². The zero-order valence-corrected chi connectivity index (χ0v) is 14.5. The molecule has 0 saturated heterocycles. The molecule has 0 radical (unpaired) electrons. The van der Waals surface area contributed by atoms with Crippen LogP contribution in [0.4, 0.5) is 10.5 Å². The number of urea groups is 1. The summed E-state index contributed by atoms with van der Waals surface area (Å²) in [5, 5.41) is 19.7. The lowest BCUT2D eigenvalue weighted by Gasteiger charge is -2.04. The summed E-state index contributed by atoms with van der Waals surface area (Å²) in [6.07, 6.45) is 5.45. The molecule has 0 atom stereocenters. The molecule has 0 fully saturated rings. The van der Waals surface area contributed by atoms with Gasteiger partial charge < -0.3 is 15.6 Å². The van der Waals surface area contributed by atoms with Crippen molar-refractivity contribution in [3.05, 3.63) is 66.6 Å². The predicted octanol–water partition coefficient (Wildman–Crippen LogP) is 3.64. The molecule has 0 aliphatic carbocycles. The summed E-state index contributed by atoms with van der Waals surface area (Å²) >= 11 is 0. The van der Waals surface area contributed by atoms with Gasteiger partial charge in [0.1, 0.15) is 0 Å². The van der Waals surface area contributed by atoms with E-state index in [1.165, 1.54) is 0 Å². The number of rotatable bonds is 3. The Kier molecular flexibility index (Phi) is 4.07. The van der Waals surface area contributed by atoms with Crippen molar-refractivity contribution in [1.29, 1.82) is 5.26 Å². The Morgan fingerprint density at radius 1 is 1.22 bits per heavy atom. The van der Waals surface area contributed by atoms with Gasteiger partial charge in [0, 0.05) is 35.9 Å². The van der Waals surface area contributed by atoms with Crippen LogP contribution >= 0.6 is 0 Å². The third kappa shape index (κ3) is 3.12. The molecule has 0 aliphatic heterocycles. The van der Waals surface area contributed by atoms with Gasteiger partial charge in [0.05, 0.1) is 29.2 Å². The van der Waals surface area contributed by atoms with E-state index in [0.29, 0.717) is 11.3 Å². The molecule has 0 spiro atoms. The number of nitrogens with one attached hydrogen (secondary N) is 3. The predicted molar refractivity (Wildman–Crippen MR) is 104 cm³/mol. The fraction of sp³-hybridized carbons (Fsp3) is 0.0500. The van der Waals surface area contributed by atoms with Crippen molar-refractivity contribution >= 4 is 22.6 Å². The van der Waals surface area contributed by atoms with Crippen molar-refractivity contribution in [1.82, 2.24) is 20.1 Å². The summed E-state index contributed by atoms with van der Waals surface area (Å²) in [4.78, 5) is 14.8. The Bertz CT molecular complexity index is 1180. The summed E-state index contributed by atoms with van der Waals surface area (Å²) < 4.78 is 1.74. The summed E-state index contributed by atoms with van der Waals surface area (Å²) in [7, 11) is 1.57. The Hall–Kier alpha value is -4.05. The van der Waals surface area contributed by atoms with E-state index in [2.05, 4.69) is 26.8 Å². The molecule has 27 heavy (non-hydrogen) atoms. The molecule has 0 bridgehead atoms. The van der Waals surface area contributed by atoms with Crippen molar-refractivity contribution in [3.8, 4) is 22.9 Å². The average molecular weight is 356 g/mol. The van der Waals surface area contributed by atoms with Gasteiger partial charge in [-0.3, -0.25) is 0 Å². The maximum Gasteiger partial charge on any atom is 0.319 e. The molecule has 3 N–H and O–H groups in total. The third-order valence-electron chi connectivity index (χ3n) is 4.31. The van der Waals surface area contributed by atoms with E-state index in [1.54, 1.807) is 36.3 Å². The van der Waals surface area contributed by atoms with E-state index in [9.17, 15) is 4.79 Å². The van der Waals surface area contributed by atoms with Gasteiger partial charge in [-0.25, -0.2) is 9.48 Å². The quantitative estimate of drug-likeness (QED) is 0.522. The number of benzene rings is 2. The van der Waals surface area contributed by atoms with Crippen LogP contribution in [0.1, 0.15) is 5.56 Å². The number of nitrogens with zero attached hydrogens (tertiary/aromatic N) is 3. The van der Waals surface area contributed by atoms with Gasteiger partial charge in [0.25, 0.3) is 0 Å². The van der Waals surface area contributed by atoms with Gasteiger partial charge in [-0.1, -0.05) is 12.1 Å². The number of fused-ring (bicyclic) bond motifs is 1. The molecule has 4 aromatic rings. The van der Waals surface area contributed by atoms with Crippen molar-refractivity contribution in [2.45, 2.75) is 0 Å². The first-order chi connectivity index (χ1) is 13.2. The van der Waals surface area contributed by atoms with Crippen LogP contribution in [0.5, 0.6) is 0 Å². The highest BCUT2D eigenvalue weighted by molar-refractivity contribution is 6.02. The number of nitriles is 1. The molecule has 2 heterocycles. The van der Waals surface area contributed by atoms with E-state index in [0.717, 1.165) is 27.7 Å². The zero-order chi connectivity index (χ0) is 18.8. The summed E-state index contributed by atoms with van der Waals surface area (Å²) in [6, 6.07) is 15.1. The average Bonchev–Trinajstić information content (AvgIpc) is 3.35. The van der Waals surface area contributed by atoms with Crippen molar-refractivity contribution < 1.29 is 4.79 Å². The SMILES string of the molecule is CNC(=O)Nc1c[nH]c2ccc(-c3cnn(-c4cccc(C#N)c4)c3)cc12. The molecule has 132 valence electrons. The maximum absolute atomic E-state index is 11.6. The van der Waals surface area contributed by atoms with Crippen LogP contribution < -0.4 is 10.6 Å². The first-order valence-electron chi connectivity index (χ1n) is 8.33. The highest BCUT2D eigenvalue weighted by atomic mass is 16.2. The van der Waals surface area contributed by atoms with Crippen LogP contribution in [-0.4, -0.2) is 27.8 Å². The lowest BCUT2D eigenvalue weighted by Crippen LogP contribution is -2.24. The highest BCUT2D eigenvalue weighted by Gasteiger charge is 2.10. The molecule has 4 rings (SSSR count). The van der Waals surface area contributed by atoms with E-state index < -0.39 is 0 Å². The van der Waals surface area contributed by atoms with Crippen molar-refractivity contribution in [2.24, 2.45) is 0 Å². The van der Waals surface area contributed by atoms with Crippen LogP contribution in [-0.2, 0) is 0 Å². The molecule has 0 unspecified atom stereocenters. The largest absolute Gasteiger partial charge is 0.359 e. The van der Waals surface area contributed by atoms with Crippen LogP contribution in [0.2, 0.25) is 0 Å². The van der Waals surface area contributed by atoms with E-state index in [4.69, 9.17) is 5.26 Å². The number of aromatic amines is 1. The second kappa shape index (κ2) is 6.69. The van der Waals surface area contributed by atoms with Crippen LogP contribution in [0.3, 0.4) is 0 Å². The molecule has 0 aliphatic rings. The van der Waals surface area contributed by atoms with E-state index in [-0.39, 0.29) is 6.03 Å². The van der Waals surface area contributed by atoms with Gasteiger partial charge in [0.15, 0.2) is 0 Å². The second-order valence-corrected chi connectivity index (χ2v) is 6.00. The first kappa shape index (κ1) is 16.4. The number of carbonyl (C=O) groups excluding carboxylic acids is 1. The number of H-pyrrole nitrogens is 1. The van der Waals surface area contributed by atoms with Crippen LogP contribution in [0.15, 0.2) is 61.1 Å². The number of hydrogen-bond donors (Lipinski definition) is 3. The first-order valence-corrected chi connectivity index (χ1v) is 8.33. The molecular weight excluding hydrogens is 340 g/mol. The maximum atomic E-state index is 11.6. The normalized spacial score (nSPS) is 10.5. The van der Waals surface area contributed by atoms with Crippen molar-refractivity contribution in [3.63, 3.8) is 0 Å². The standard InChI is InChI=1S/C20H16N6O/c1-22-20(27)25-19-11-23-18-6-5-14(8-17(18)19)15-10-24-26(12-15)16-4-2-3-13(7-16)9-21/h2-8,10-12,23H,1H3,(H2,22,25,27). The summed E-state index contributed by atoms with van der Waals surface area (Å²) in [5.41, 5.74) is 4.96. The molecule has 7 nitrogen and oxygen atoms in total. The lowest BCUT2D eigenvalue weighted by molar-refractivity contribution is 0.254. The van der Waals surface area contributed by atoms with Gasteiger partial charge >= 0.3 is 6.03 Å². The van der Waals surface area contributed by atoms with E-state index >= 15 is 0 Å². The summed E-state index contributed by atoms with van der Waals surface area (Å²) in [6.45, 7) is 0. The monoisotopic (exact) mass is 356 g/mol. The molecule has 0 saturated carbocycles. The fourth-order valence-corrected chi connectivity index (χ4v) is 2.92. The number of aromatic nitrogens is 3. The minimum absolute atomic E-state index is 0.272. The Labute approximate surface area is 155 Å². The number of amides is 2. The Balaban J connectivity index is 1.70. The van der Waals surface area contributed by atoms with Gasteiger partial charge in [-0.05, 0) is 35.9 Å². The number of carbonyl (C=O) groups is 1. The zero-order valence-electron chi connectivity index (χ0n) is 14.5. The second-order valence-electron chi connectivity index (χ2n) is 6.00. The molecular formula is C20H16N6O.